The molecule has 5 rings (SSSR count). The van der Waals surface area contributed by atoms with Crippen LogP contribution in [0.3, 0.4) is 0 Å². The Morgan fingerprint density at radius 3 is 2.72 bits per heavy atom. The molecule has 0 aromatic heterocycles. The van der Waals surface area contributed by atoms with Gasteiger partial charge in [0.1, 0.15) is 5.60 Å². The lowest BCUT2D eigenvalue weighted by molar-refractivity contribution is -0.414. The fourth-order valence-electron chi connectivity index (χ4n) is 6.65. The van der Waals surface area contributed by atoms with E-state index in [9.17, 15) is 9.90 Å². The number of benzene rings is 1. The Balaban J connectivity index is 1.42. The summed E-state index contributed by atoms with van der Waals surface area (Å²) in [6.45, 7) is 3.11. The molecular formula is C26H38O6. The van der Waals surface area contributed by atoms with E-state index >= 15 is 0 Å². The van der Waals surface area contributed by atoms with Gasteiger partial charge in [-0.3, -0.25) is 0 Å². The zero-order valence-corrected chi connectivity index (χ0v) is 19.7. The minimum absolute atomic E-state index is 0.0393. The molecule has 0 radical (unpaired) electrons. The van der Waals surface area contributed by atoms with Gasteiger partial charge in [-0.2, -0.15) is 0 Å². The molecule has 178 valence electrons. The average Bonchev–Trinajstić information content (AvgIpc) is 2.79. The van der Waals surface area contributed by atoms with Gasteiger partial charge in [0.15, 0.2) is 5.79 Å². The zero-order valence-electron chi connectivity index (χ0n) is 19.7. The number of carbonyl (C=O) groups is 1. The molecule has 4 aliphatic rings. The second-order valence-electron chi connectivity index (χ2n) is 10.2. The van der Waals surface area contributed by atoms with Crippen LogP contribution in [0.15, 0.2) is 30.3 Å². The molecule has 32 heavy (non-hydrogen) atoms. The number of hydrogen-bond donors (Lipinski definition) is 1. The van der Waals surface area contributed by atoms with Crippen LogP contribution in [0.25, 0.3) is 0 Å². The van der Waals surface area contributed by atoms with Crippen molar-refractivity contribution in [3.05, 3.63) is 35.9 Å². The first-order valence-corrected chi connectivity index (χ1v) is 12.0. The number of rotatable bonds is 10. The van der Waals surface area contributed by atoms with Gasteiger partial charge in [-0.05, 0) is 56.1 Å². The monoisotopic (exact) mass is 446 g/mol. The number of methoxy groups -OCH3 is 2. The Bertz CT molecular complexity index is 784. The summed E-state index contributed by atoms with van der Waals surface area (Å²) in [5.74, 6) is -0.301. The summed E-state index contributed by atoms with van der Waals surface area (Å²) in [6.07, 6.45) is 6.51. The lowest BCUT2D eigenvalue weighted by Crippen LogP contribution is -2.73. The van der Waals surface area contributed by atoms with Crippen LogP contribution in [0.2, 0.25) is 0 Å². The van der Waals surface area contributed by atoms with Crippen molar-refractivity contribution in [1.29, 1.82) is 0 Å². The lowest BCUT2D eigenvalue weighted by atomic mass is 9.48. The Kier molecular flexibility index (Phi) is 6.97. The summed E-state index contributed by atoms with van der Waals surface area (Å²) in [5, 5.41) is 11.6. The van der Waals surface area contributed by atoms with Gasteiger partial charge in [0, 0.05) is 39.1 Å². The molecule has 4 fully saturated rings. The molecule has 2 heterocycles. The maximum absolute atomic E-state index is 12.3. The van der Waals surface area contributed by atoms with Crippen molar-refractivity contribution in [3.8, 4) is 0 Å². The fourth-order valence-corrected chi connectivity index (χ4v) is 6.65. The molecular weight excluding hydrogens is 408 g/mol. The molecule has 4 bridgehead atoms. The molecule has 2 aliphatic heterocycles. The van der Waals surface area contributed by atoms with Crippen LogP contribution in [-0.4, -0.2) is 56.0 Å². The van der Waals surface area contributed by atoms with Crippen molar-refractivity contribution in [1.82, 2.24) is 0 Å². The smallest absolute Gasteiger partial charge is 0.338 e. The highest BCUT2D eigenvalue weighted by Gasteiger charge is 2.69. The van der Waals surface area contributed by atoms with Gasteiger partial charge < -0.3 is 24.1 Å². The van der Waals surface area contributed by atoms with E-state index in [2.05, 4.69) is 6.92 Å². The lowest BCUT2D eigenvalue weighted by Gasteiger charge is -2.69. The first kappa shape index (κ1) is 23.7. The largest absolute Gasteiger partial charge is 0.462 e. The molecule has 1 aromatic rings. The van der Waals surface area contributed by atoms with Crippen LogP contribution in [0.5, 0.6) is 0 Å². The van der Waals surface area contributed by atoms with Gasteiger partial charge in [0.25, 0.3) is 0 Å². The summed E-state index contributed by atoms with van der Waals surface area (Å²) < 4.78 is 23.6. The van der Waals surface area contributed by atoms with E-state index in [4.69, 9.17) is 18.9 Å². The van der Waals surface area contributed by atoms with Crippen molar-refractivity contribution < 1.29 is 28.8 Å². The SMILES string of the molecule is COC[C@H](CCOC(=O)c1ccccc1)C[C@@H](O)[C@@]12CCCC3C[C@@](OC)(CCC31C)O2. The van der Waals surface area contributed by atoms with Gasteiger partial charge in [-0.1, -0.05) is 31.5 Å². The third-order valence-corrected chi connectivity index (χ3v) is 8.56. The second kappa shape index (κ2) is 9.41. The number of fused-ring (bicyclic) bond motifs is 1. The molecule has 2 saturated heterocycles. The molecule has 2 unspecified atom stereocenters. The predicted molar refractivity (Wildman–Crippen MR) is 120 cm³/mol. The fraction of sp³-hybridized carbons (Fsp3) is 0.731. The van der Waals surface area contributed by atoms with Gasteiger partial charge in [0.2, 0.25) is 0 Å². The Morgan fingerprint density at radius 1 is 1.22 bits per heavy atom. The highest BCUT2D eigenvalue weighted by molar-refractivity contribution is 5.89. The highest BCUT2D eigenvalue weighted by atomic mass is 16.7. The topological polar surface area (TPSA) is 74.2 Å². The number of aliphatic hydroxyl groups excluding tert-OH is 1. The number of carbonyl (C=O) groups excluding carboxylic acids is 1. The highest BCUT2D eigenvalue weighted by Crippen LogP contribution is 2.66. The molecule has 2 saturated carbocycles. The first-order chi connectivity index (χ1) is 15.4. The molecule has 1 aromatic carbocycles. The number of hydrogen-bond acceptors (Lipinski definition) is 6. The number of esters is 1. The summed E-state index contributed by atoms with van der Waals surface area (Å²) >= 11 is 0. The minimum Gasteiger partial charge on any atom is -0.462 e. The first-order valence-electron chi connectivity index (χ1n) is 12.0. The van der Waals surface area contributed by atoms with E-state index in [1.54, 1.807) is 26.4 Å². The van der Waals surface area contributed by atoms with Crippen LogP contribution in [-0.2, 0) is 18.9 Å². The standard InChI is InChI=1S/C26H38O6/c1-24-13-14-25(30-3)17-21(24)10-7-12-26(24,32-25)22(27)16-19(18-29-2)11-15-31-23(28)20-8-5-4-6-9-20/h4-6,8-9,19,21-22,27H,7,10-18H2,1-3H3/t19-,21?,22-,24?,25-,26+/m1/s1. The van der Waals surface area contributed by atoms with Crippen LogP contribution in [0.1, 0.15) is 68.6 Å². The number of ether oxygens (including phenoxy) is 4. The van der Waals surface area contributed by atoms with E-state index in [-0.39, 0.29) is 17.3 Å². The molecule has 6 heteroatoms. The quantitative estimate of drug-likeness (QED) is 0.539. The van der Waals surface area contributed by atoms with E-state index < -0.39 is 17.5 Å². The van der Waals surface area contributed by atoms with Crippen LogP contribution in [0.4, 0.5) is 0 Å². The van der Waals surface area contributed by atoms with E-state index in [0.29, 0.717) is 37.5 Å². The molecule has 6 nitrogen and oxygen atoms in total. The summed E-state index contributed by atoms with van der Waals surface area (Å²) in [6, 6.07) is 9.01. The second-order valence-corrected chi connectivity index (χ2v) is 10.2. The minimum atomic E-state index is -0.615. The van der Waals surface area contributed by atoms with Crippen molar-refractivity contribution in [3.63, 3.8) is 0 Å². The van der Waals surface area contributed by atoms with Crippen LogP contribution >= 0.6 is 0 Å². The Labute approximate surface area is 191 Å². The van der Waals surface area contributed by atoms with Gasteiger partial charge in [0.05, 0.1) is 18.3 Å². The van der Waals surface area contributed by atoms with E-state index in [0.717, 1.165) is 32.1 Å². The number of aliphatic hydroxyl groups is 1. The van der Waals surface area contributed by atoms with Gasteiger partial charge in [-0.15, -0.1) is 0 Å². The van der Waals surface area contributed by atoms with Crippen molar-refractivity contribution in [2.75, 3.05) is 27.4 Å². The molecule has 6 atom stereocenters. The summed E-state index contributed by atoms with van der Waals surface area (Å²) in [4.78, 5) is 12.3. The average molecular weight is 447 g/mol. The van der Waals surface area contributed by atoms with Crippen molar-refractivity contribution >= 4 is 5.97 Å². The van der Waals surface area contributed by atoms with Crippen LogP contribution < -0.4 is 0 Å². The van der Waals surface area contributed by atoms with Crippen LogP contribution in [0, 0.1) is 17.3 Å². The molecule has 0 amide bonds. The molecule has 2 aliphatic carbocycles. The summed E-state index contributed by atoms with van der Waals surface area (Å²) in [7, 11) is 3.41. The Morgan fingerprint density at radius 2 is 2.00 bits per heavy atom. The van der Waals surface area contributed by atoms with E-state index in [1.165, 1.54) is 6.42 Å². The summed E-state index contributed by atoms with van der Waals surface area (Å²) in [5.41, 5.74) is -0.0790. The Hall–Kier alpha value is -1.47. The van der Waals surface area contributed by atoms with Crippen molar-refractivity contribution in [2.24, 2.45) is 17.3 Å². The normalized spacial score (nSPS) is 35.3. The molecule has 1 N–H and O–H groups in total. The predicted octanol–water partition coefficient (Wildman–Crippen LogP) is 4.35. The van der Waals surface area contributed by atoms with Gasteiger partial charge >= 0.3 is 5.97 Å². The maximum atomic E-state index is 12.3. The zero-order chi connectivity index (χ0) is 22.8. The van der Waals surface area contributed by atoms with Gasteiger partial charge in [-0.25, -0.2) is 4.79 Å². The third kappa shape index (κ3) is 4.11. The van der Waals surface area contributed by atoms with Crippen molar-refractivity contribution in [2.45, 2.75) is 75.8 Å². The molecule has 0 spiro atoms. The third-order valence-electron chi connectivity index (χ3n) is 8.56. The maximum Gasteiger partial charge on any atom is 0.338 e. The van der Waals surface area contributed by atoms with E-state index in [1.807, 2.05) is 18.2 Å².